The third-order valence-electron chi connectivity index (χ3n) is 7.60. The fourth-order valence-corrected chi connectivity index (χ4v) is 6.74. The van der Waals surface area contributed by atoms with Crippen molar-refractivity contribution in [3.05, 3.63) is 58.7 Å². The Morgan fingerprint density at radius 1 is 0.966 bits per heavy atom. The number of carbonyl (C=O) groups is 1. The Morgan fingerprint density at radius 3 is 2.24 bits per heavy atom. The first-order valence-corrected chi connectivity index (χ1v) is 10.8. The maximum absolute atomic E-state index is 12.8. The molecule has 152 valence electrons. The summed E-state index contributed by atoms with van der Waals surface area (Å²) in [4.78, 5) is 12.8. The number of benzene rings is 2. The van der Waals surface area contributed by atoms with Crippen molar-refractivity contribution in [2.24, 2.45) is 17.8 Å². The van der Waals surface area contributed by atoms with E-state index in [0.29, 0.717) is 12.1 Å². The standard InChI is InChI=1S/C25H29NO3/c1-15-2-4-20(24(29)26-14-16-3-5-22(27)23(28)9-16)10-21(15)25-11-17-6-18(12-25)8-19(7-17)13-25/h2-5,9-10,17-19,27-28H,6-8,11-14H2,1H3,(H,26,29). The van der Waals surface area contributed by atoms with Crippen LogP contribution in [0.4, 0.5) is 0 Å². The van der Waals surface area contributed by atoms with E-state index in [1.807, 2.05) is 6.07 Å². The third kappa shape index (κ3) is 3.29. The summed E-state index contributed by atoms with van der Waals surface area (Å²) in [5.41, 5.74) is 4.45. The van der Waals surface area contributed by atoms with Crippen LogP contribution in [-0.2, 0) is 12.0 Å². The van der Waals surface area contributed by atoms with Gasteiger partial charge in [-0.25, -0.2) is 0 Å². The molecule has 4 saturated carbocycles. The van der Waals surface area contributed by atoms with E-state index in [1.165, 1.54) is 61.8 Å². The minimum atomic E-state index is -0.170. The average Bonchev–Trinajstić information content (AvgIpc) is 2.68. The molecule has 0 atom stereocenters. The second-order valence-corrected chi connectivity index (χ2v) is 9.73. The molecule has 0 aromatic heterocycles. The molecular formula is C25H29NO3. The highest BCUT2D eigenvalue weighted by molar-refractivity contribution is 5.94. The predicted molar refractivity (Wildman–Crippen MR) is 112 cm³/mol. The van der Waals surface area contributed by atoms with E-state index < -0.39 is 0 Å². The van der Waals surface area contributed by atoms with Crippen molar-refractivity contribution in [1.82, 2.24) is 5.32 Å². The Balaban J connectivity index is 1.37. The largest absolute Gasteiger partial charge is 0.504 e. The van der Waals surface area contributed by atoms with Gasteiger partial charge in [0.05, 0.1) is 0 Å². The van der Waals surface area contributed by atoms with Crippen molar-refractivity contribution < 1.29 is 15.0 Å². The minimum absolute atomic E-state index is 0.0939. The van der Waals surface area contributed by atoms with Crippen LogP contribution in [0.3, 0.4) is 0 Å². The van der Waals surface area contributed by atoms with Crippen molar-refractivity contribution in [3.8, 4) is 11.5 Å². The van der Waals surface area contributed by atoms with Crippen molar-refractivity contribution in [2.75, 3.05) is 0 Å². The van der Waals surface area contributed by atoms with Crippen LogP contribution in [0.15, 0.2) is 36.4 Å². The van der Waals surface area contributed by atoms with Crippen molar-refractivity contribution in [1.29, 1.82) is 0 Å². The molecule has 4 bridgehead atoms. The predicted octanol–water partition coefficient (Wildman–Crippen LogP) is 4.80. The number of nitrogens with one attached hydrogen (secondary N) is 1. The zero-order valence-corrected chi connectivity index (χ0v) is 16.9. The van der Waals surface area contributed by atoms with Gasteiger partial charge in [0.1, 0.15) is 0 Å². The number of phenolic OH excluding ortho intramolecular Hbond substituents is 2. The average molecular weight is 392 g/mol. The first kappa shape index (κ1) is 18.5. The molecule has 0 radical (unpaired) electrons. The van der Waals surface area contributed by atoms with E-state index in [-0.39, 0.29) is 22.8 Å². The van der Waals surface area contributed by atoms with Gasteiger partial charge in [0, 0.05) is 12.1 Å². The second kappa shape index (κ2) is 6.79. The molecule has 0 saturated heterocycles. The lowest BCUT2D eigenvalue weighted by Crippen LogP contribution is -2.48. The van der Waals surface area contributed by atoms with Crippen LogP contribution in [0, 0.1) is 24.7 Å². The Hall–Kier alpha value is -2.49. The number of hydrogen-bond acceptors (Lipinski definition) is 3. The van der Waals surface area contributed by atoms with Crippen LogP contribution in [-0.4, -0.2) is 16.1 Å². The van der Waals surface area contributed by atoms with Gasteiger partial charge in [0.2, 0.25) is 0 Å². The molecule has 4 aliphatic rings. The second-order valence-electron chi connectivity index (χ2n) is 9.73. The number of amides is 1. The van der Waals surface area contributed by atoms with Gasteiger partial charge in [-0.05, 0) is 110 Å². The molecule has 4 aliphatic carbocycles. The molecule has 0 aliphatic heterocycles. The zero-order valence-electron chi connectivity index (χ0n) is 16.9. The summed E-state index contributed by atoms with van der Waals surface area (Å²) < 4.78 is 0. The van der Waals surface area contributed by atoms with Crippen LogP contribution in [0.2, 0.25) is 0 Å². The summed E-state index contributed by atoms with van der Waals surface area (Å²) in [6.45, 7) is 2.50. The quantitative estimate of drug-likeness (QED) is 0.656. The van der Waals surface area contributed by atoms with Crippen LogP contribution in [0.1, 0.15) is 65.6 Å². The molecule has 2 aromatic carbocycles. The van der Waals surface area contributed by atoms with E-state index in [0.717, 1.165) is 23.3 Å². The summed E-state index contributed by atoms with van der Waals surface area (Å²) in [7, 11) is 0. The van der Waals surface area contributed by atoms with Gasteiger partial charge in [0.15, 0.2) is 11.5 Å². The van der Waals surface area contributed by atoms with Crippen LogP contribution >= 0.6 is 0 Å². The Bertz CT molecular complexity index is 929. The highest BCUT2D eigenvalue weighted by Gasteiger charge is 2.52. The van der Waals surface area contributed by atoms with E-state index in [9.17, 15) is 15.0 Å². The zero-order chi connectivity index (χ0) is 20.2. The third-order valence-corrected chi connectivity index (χ3v) is 7.60. The van der Waals surface area contributed by atoms with Crippen molar-refractivity contribution >= 4 is 5.91 Å². The first-order chi connectivity index (χ1) is 13.9. The molecular weight excluding hydrogens is 362 g/mol. The van der Waals surface area contributed by atoms with Gasteiger partial charge in [-0.15, -0.1) is 0 Å². The first-order valence-electron chi connectivity index (χ1n) is 10.8. The van der Waals surface area contributed by atoms with E-state index in [1.54, 1.807) is 6.07 Å². The van der Waals surface area contributed by atoms with E-state index in [2.05, 4.69) is 24.4 Å². The molecule has 2 aromatic rings. The van der Waals surface area contributed by atoms with Crippen LogP contribution in [0.5, 0.6) is 11.5 Å². The van der Waals surface area contributed by atoms with Crippen LogP contribution in [0.25, 0.3) is 0 Å². The van der Waals surface area contributed by atoms with E-state index in [4.69, 9.17) is 0 Å². The van der Waals surface area contributed by atoms with Gasteiger partial charge in [-0.1, -0.05) is 12.1 Å². The monoisotopic (exact) mass is 391 g/mol. The molecule has 3 N–H and O–H groups in total. The molecule has 4 heteroatoms. The Kier molecular flexibility index (Phi) is 4.34. The smallest absolute Gasteiger partial charge is 0.251 e. The van der Waals surface area contributed by atoms with Crippen molar-refractivity contribution in [2.45, 2.75) is 57.4 Å². The summed E-state index contributed by atoms with van der Waals surface area (Å²) in [5.74, 6) is 2.21. The van der Waals surface area contributed by atoms with E-state index >= 15 is 0 Å². The maximum Gasteiger partial charge on any atom is 0.251 e. The summed E-state index contributed by atoms with van der Waals surface area (Å²) in [6, 6.07) is 10.8. The highest BCUT2D eigenvalue weighted by Crippen LogP contribution is 2.61. The van der Waals surface area contributed by atoms with Crippen molar-refractivity contribution in [3.63, 3.8) is 0 Å². The molecule has 0 spiro atoms. The van der Waals surface area contributed by atoms with Gasteiger partial charge < -0.3 is 15.5 Å². The number of aryl methyl sites for hydroxylation is 1. The molecule has 6 rings (SSSR count). The number of carbonyl (C=O) groups excluding carboxylic acids is 1. The normalized spacial score (nSPS) is 29.8. The summed E-state index contributed by atoms with van der Waals surface area (Å²) >= 11 is 0. The maximum atomic E-state index is 12.8. The minimum Gasteiger partial charge on any atom is -0.504 e. The number of rotatable bonds is 4. The SMILES string of the molecule is Cc1ccc(C(=O)NCc2ccc(O)c(O)c2)cc1C12CC3CC(CC(C3)C1)C2. The van der Waals surface area contributed by atoms with Gasteiger partial charge >= 0.3 is 0 Å². The fourth-order valence-electron chi connectivity index (χ4n) is 6.74. The molecule has 0 heterocycles. The fraction of sp³-hybridized carbons (Fsp3) is 0.480. The molecule has 1 amide bonds. The lowest BCUT2D eigenvalue weighted by molar-refractivity contribution is -0.00548. The summed E-state index contributed by atoms with van der Waals surface area (Å²) in [5, 5.41) is 22.0. The van der Waals surface area contributed by atoms with Gasteiger partial charge in [-0.2, -0.15) is 0 Å². The summed E-state index contributed by atoms with van der Waals surface area (Å²) in [6.07, 6.45) is 8.11. The number of aromatic hydroxyl groups is 2. The Morgan fingerprint density at radius 2 is 1.62 bits per heavy atom. The molecule has 29 heavy (non-hydrogen) atoms. The topological polar surface area (TPSA) is 69.6 Å². The van der Waals surface area contributed by atoms with Gasteiger partial charge in [0.25, 0.3) is 5.91 Å². The Labute approximate surface area is 172 Å². The van der Waals surface area contributed by atoms with Gasteiger partial charge in [-0.3, -0.25) is 4.79 Å². The highest BCUT2D eigenvalue weighted by atomic mass is 16.3. The van der Waals surface area contributed by atoms with Crippen LogP contribution < -0.4 is 5.32 Å². The lowest BCUT2D eigenvalue weighted by Gasteiger charge is -2.57. The molecule has 0 unspecified atom stereocenters. The molecule has 4 nitrogen and oxygen atoms in total. The lowest BCUT2D eigenvalue weighted by atomic mass is 9.47. The number of phenols is 2. The molecule has 4 fully saturated rings. The number of hydrogen-bond donors (Lipinski definition) is 3.